The normalized spacial score (nSPS) is 18.6. The number of urea groups is 1. The molecule has 5 rings (SSSR count). The van der Waals surface area contributed by atoms with Gasteiger partial charge in [-0.05, 0) is 80.4 Å². The molecule has 2 aliphatic rings. The van der Waals surface area contributed by atoms with Crippen LogP contribution in [0.3, 0.4) is 0 Å². The molecule has 37 heavy (non-hydrogen) atoms. The molecule has 3 amide bonds. The van der Waals surface area contributed by atoms with Crippen molar-refractivity contribution in [3.8, 4) is 0 Å². The number of nitrogens with zero attached hydrogens (tertiary/aromatic N) is 2. The number of anilines is 1. The maximum Gasteiger partial charge on any atom is 0.321 e. The first-order valence-corrected chi connectivity index (χ1v) is 13.8. The number of hydrogen-bond acceptors (Lipinski definition) is 3. The van der Waals surface area contributed by atoms with Gasteiger partial charge in [0.15, 0.2) is 0 Å². The fraction of sp³-hybridized carbons (Fsp3) is 0.429. The van der Waals surface area contributed by atoms with Crippen LogP contribution >= 0.6 is 23.2 Å². The molecule has 2 aromatic carbocycles. The van der Waals surface area contributed by atoms with Crippen molar-refractivity contribution in [2.24, 2.45) is 5.92 Å². The van der Waals surface area contributed by atoms with Crippen molar-refractivity contribution in [3.05, 3.63) is 64.3 Å². The summed E-state index contributed by atoms with van der Waals surface area (Å²) in [5, 5.41) is 8.06. The summed E-state index contributed by atoms with van der Waals surface area (Å²) in [6, 6.07) is 13.7. The molecule has 0 spiro atoms. The van der Waals surface area contributed by atoms with Crippen molar-refractivity contribution in [2.45, 2.75) is 37.6 Å². The highest BCUT2D eigenvalue weighted by Crippen LogP contribution is 2.35. The highest BCUT2D eigenvalue weighted by atomic mass is 35.5. The van der Waals surface area contributed by atoms with Crippen molar-refractivity contribution in [3.63, 3.8) is 0 Å². The van der Waals surface area contributed by atoms with Gasteiger partial charge in [0, 0.05) is 48.5 Å². The van der Waals surface area contributed by atoms with Crippen LogP contribution in [-0.4, -0.2) is 66.0 Å². The standard InChI is InChI=1S/C28H33Cl2N5O2/c29-24-6-5-21(15-25(24)30)33-28(37)35-13-9-20(10-14-35)27(17-31-18-36)34-11-7-19(8-12-34)23-16-32-26-4-2-1-3-22(23)26/h1-6,15-16,18-20,27,32H,7-14,17H2,(H,31,36)(H,33,37). The zero-order valence-electron chi connectivity index (χ0n) is 20.8. The van der Waals surface area contributed by atoms with E-state index in [1.54, 1.807) is 18.2 Å². The predicted molar refractivity (Wildman–Crippen MR) is 149 cm³/mol. The Bertz CT molecular complexity index is 1230. The maximum absolute atomic E-state index is 12.8. The molecule has 1 unspecified atom stereocenters. The number of H-pyrrole nitrogens is 1. The highest BCUT2D eigenvalue weighted by Gasteiger charge is 2.34. The Kier molecular flexibility index (Phi) is 8.23. The van der Waals surface area contributed by atoms with E-state index in [0.29, 0.717) is 47.2 Å². The van der Waals surface area contributed by atoms with Crippen LogP contribution in [0.1, 0.15) is 37.2 Å². The van der Waals surface area contributed by atoms with Crippen LogP contribution in [0.15, 0.2) is 48.7 Å². The van der Waals surface area contributed by atoms with Gasteiger partial charge >= 0.3 is 6.03 Å². The second-order valence-electron chi connectivity index (χ2n) is 10.1. The van der Waals surface area contributed by atoms with Gasteiger partial charge < -0.3 is 20.5 Å². The van der Waals surface area contributed by atoms with E-state index in [-0.39, 0.29) is 12.1 Å². The predicted octanol–water partition coefficient (Wildman–Crippen LogP) is 5.71. The van der Waals surface area contributed by atoms with Gasteiger partial charge in [-0.3, -0.25) is 9.69 Å². The largest absolute Gasteiger partial charge is 0.361 e. The van der Waals surface area contributed by atoms with Crippen molar-refractivity contribution in [1.82, 2.24) is 20.1 Å². The fourth-order valence-electron chi connectivity index (χ4n) is 6.00. The molecule has 3 aromatic rings. The molecule has 3 N–H and O–H groups in total. The fourth-order valence-corrected chi connectivity index (χ4v) is 6.30. The quantitative estimate of drug-likeness (QED) is 0.335. The number of piperidine rings is 2. The first-order valence-electron chi connectivity index (χ1n) is 13.0. The van der Waals surface area contributed by atoms with Gasteiger partial charge in [-0.15, -0.1) is 0 Å². The van der Waals surface area contributed by atoms with Crippen LogP contribution in [0.4, 0.5) is 10.5 Å². The number of hydrogen-bond donors (Lipinski definition) is 3. The Labute approximate surface area is 227 Å². The van der Waals surface area contributed by atoms with Gasteiger partial charge in [-0.2, -0.15) is 0 Å². The highest BCUT2D eigenvalue weighted by molar-refractivity contribution is 6.42. The van der Waals surface area contributed by atoms with Gasteiger partial charge in [0.2, 0.25) is 6.41 Å². The number of benzene rings is 2. The van der Waals surface area contributed by atoms with Crippen molar-refractivity contribution in [1.29, 1.82) is 0 Å². The van der Waals surface area contributed by atoms with Crippen molar-refractivity contribution >= 4 is 52.2 Å². The number of rotatable bonds is 7. The lowest BCUT2D eigenvalue weighted by atomic mass is 9.84. The Balaban J connectivity index is 1.17. The topological polar surface area (TPSA) is 80.5 Å². The number of halogens is 2. The lowest BCUT2D eigenvalue weighted by Crippen LogP contribution is -2.53. The molecular formula is C28H33Cl2N5O2. The third-order valence-electron chi connectivity index (χ3n) is 8.01. The van der Waals surface area contributed by atoms with E-state index in [2.05, 4.69) is 51.0 Å². The van der Waals surface area contributed by atoms with E-state index < -0.39 is 0 Å². The van der Waals surface area contributed by atoms with Gasteiger partial charge in [-0.1, -0.05) is 41.4 Å². The lowest BCUT2D eigenvalue weighted by Gasteiger charge is -2.43. The SMILES string of the molecule is O=CNCC(C1CCN(C(=O)Nc2ccc(Cl)c(Cl)c2)CC1)N1CCC(c2c[nH]c3ccccc23)CC1. The minimum Gasteiger partial charge on any atom is -0.361 e. The average Bonchev–Trinajstić information content (AvgIpc) is 3.36. The molecule has 2 aliphatic heterocycles. The van der Waals surface area contributed by atoms with E-state index in [0.717, 1.165) is 45.2 Å². The van der Waals surface area contributed by atoms with Crippen LogP contribution in [-0.2, 0) is 4.79 Å². The third kappa shape index (κ3) is 5.89. The number of carbonyl (C=O) groups excluding carboxylic acids is 2. The number of nitrogens with one attached hydrogen (secondary N) is 3. The average molecular weight is 543 g/mol. The van der Waals surface area contributed by atoms with Gasteiger partial charge in [-0.25, -0.2) is 4.79 Å². The summed E-state index contributed by atoms with van der Waals surface area (Å²) in [5.41, 5.74) is 3.25. The molecule has 3 heterocycles. The molecule has 1 atom stereocenters. The number of fused-ring (bicyclic) bond motifs is 1. The Morgan fingerprint density at radius 3 is 2.51 bits per heavy atom. The second-order valence-corrected chi connectivity index (χ2v) is 10.9. The van der Waals surface area contributed by atoms with Crippen LogP contribution in [0.5, 0.6) is 0 Å². The van der Waals surface area contributed by atoms with Crippen LogP contribution < -0.4 is 10.6 Å². The molecule has 2 fully saturated rings. The Hall–Kier alpha value is -2.74. The minimum atomic E-state index is -0.126. The summed E-state index contributed by atoms with van der Waals surface area (Å²) in [6.07, 6.45) is 6.99. The molecule has 0 bridgehead atoms. The molecule has 1 aromatic heterocycles. The molecular weight excluding hydrogens is 509 g/mol. The first-order chi connectivity index (χ1) is 18.0. The number of carbonyl (C=O) groups is 2. The summed E-state index contributed by atoms with van der Waals surface area (Å²) >= 11 is 12.1. The van der Waals surface area contributed by atoms with E-state index in [4.69, 9.17) is 23.2 Å². The van der Waals surface area contributed by atoms with Gasteiger partial charge in [0.05, 0.1) is 10.0 Å². The van der Waals surface area contributed by atoms with Crippen molar-refractivity contribution < 1.29 is 9.59 Å². The zero-order valence-corrected chi connectivity index (χ0v) is 22.3. The summed E-state index contributed by atoms with van der Waals surface area (Å²) < 4.78 is 0. The number of aromatic amines is 1. The summed E-state index contributed by atoms with van der Waals surface area (Å²) in [6.45, 7) is 4.02. The van der Waals surface area contributed by atoms with Crippen molar-refractivity contribution in [2.75, 3.05) is 38.0 Å². The summed E-state index contributed by atoms with van der Waals surface area (Å²) in [7, 11) is 0. The molecule has 2 saturated heterocycles. The van der Waals surface area contributed by atoms with Gasteiger partial charge in [0.1, 0.15) is 0 Å². The van der Waals surface area contributed by atoms with Crippen LogP contribution in [0, 0.1) is 5.92 Å². The van der Waals surface area contributed by atoms with E-state index in [1.807, 2.05) is 4.90 Å². The van der Waals surface area contributed by atoms with Crippen LogP contribution in [0.2, 0.25) is 10.0 Å². The van der Waals surface area contributed by atoms with Crippen LogP contribution in [0.25, 0.3) is 10.9 Å². The second kappa shape index (κ2) is 11.8. The Morgan fingerprint density at radius 2 is 1.78 bits per heavy atom. The third-order valence-corrected chi connectivity index (χ3v) is 8.75. The Morgan fingerprint density at radius 1 is 1.03 bits per heavy atom. The summed E-state index contributed by atoms with van der Waals surface area (Å²) in [5.74, 6) is 0.963. The number of amides is 3. The molecule has 9 heteroatoms. The number of para-hydroxylation sites is 1. The number of aromatic nitrogens is 1. The smallest absolute Gasteiger partial charge is 0.321 e. The molecule has 0 radical (unpaired) electrons. The number of likely N-dealkylation sites (tertiary alicyclic amines) is 2. The molecule has 196 valence electrons. The van der Waals surface area contributed by atoms with E-state index in [9.17, 15) is 9.59 Å². The minimum absolute atomic E-state index is 0.126. The van der Waals surface area contributed by atoms with Gasteiger partial charge in [0.25, 0.3) is 0 Å². The molecule has 0 aliphatic carbocycles. The van der Waals surface area contributed by atoms with E-state index >= 15 is 0 Å². The maximum atomic E-state index is 12.8. The molecule has 0 saturated carbocycles. The first kappa shape index (κ1) is 25.9. The summed E-state index contributed by atoms with van der Waals surface area (Å²) in [4.78, 5) is 31.8. The monoisotopic (exact) mass is 541 g/mol. The zero-order chi connectivity index (χ0) is 25.8. The molecule has 7 nitrogen and oxygen atoms in total. The lowest BCUT2D eigenvalue weighted by molar-refractivity contribution is -0.109. The van der Waals surface area contributed by atoms with E-state index in [1.165, 1.54) is 16.5 Å².